The van der Waals surface area contributed by atoms with E-state index in [1.165, 1.54) is 0 Å². The van der Waals surface area contributed by atoms with Crippen molar-refractivity contribution in [3.63, 3.8) is 0 Å². The summed E-state index contributed by atoms with van der Waals surface area (Å²) in [4.78, 5) is 0. The predicted octanol–water partition coefficient (Wildman–Crippen LogP) is 2.18. The molecule has 0 aromatic heterocycles. The molecule has 3 nitrogen and oxygen atoms in total. The minimum Gasteiger partial charge on any atom is -0.384 e. The SMILES string of the molecule is CC(C)(C)Nc1ccc(C(=N)N)cc1. The summed E-state index contributed by atoms with van der Waals surface area (Å²) in [6.07, 6.45) is 0. The van der Waals surface area contributed by atoms with E-state index in [4.69, 9.17) is 11.1 Å². The minimum atomic E-state index is 0.0533. The molecule has 0 spiro atoms. The summed E-state index contributed by atoms with van der Waals surface area (Å²) in [7, 11) is 0. The van der Waals surface area contributed by atoms with E-state index in [0.29, 0.717) is 0 Å². The molecule has 0 amide bonds. The summed E-state index contributed by atoms with van der Waals surface area (Å²) < 4.78 is 0. The molecule has 76 valence electrons. The number of benzene rings is 1. The number of hydrogen-bond donors (Lipinski definition) is 3. The minimum absolute atomic E-state index is 0.0533. The van der Waals surface area contributed by atoms with E-state index in [-0.39, 0.29) is 11.4 Å². The maximum atomic E-state index is 7.24. The van der Waals surface area contributed by atoms with Crippen LogP contribution in [0.2, 0.25) is 0 Å². The van der Waals surface area contributed by atoms with Gasteiger partial charge in [-0.15, -0.1) is 0 Å². The van der Waals surface area contributed by atoms with Crippen LogP contribution >= 0.6 is 0 Å². The third-order valence-corrected chi connectivity index (χ3v) is 1.72. The Morgan fingerprint density at radius 2 is 1.71 bits per heavy atom. The van der Waals surface area contributed by atoms with Gasteiger partial charge in [0.25, 0.3) is 0 Å². The first kappa shape index (κ1) is 10.6. The number of nitrogen functional groups attached to an aromatic ring is 1. The Kier molecular flexibility index (Phi) is 2.79. The fourth-order valence-corrected chi connectivity index (χ4v) is 1.17. The third-order valence-electron chi connectivity index (χ3n) is 1.72. The standard InChI is InChI=1S/C11H17N3/c1-11(2,3)14-9-6-4-8(5-7-9)10(12)13/h4-7,14H,1-3H3,(H3,12,13). The second kappa shape index (κ2) is 3.70. The highest BCUT2D eigenvalue weighted by Gasteiger charge is 2.08. The van der Waals surface area contributed by atoms with Gasteiger partial charge >= 0.3 is 0 Å². The van der Waals surface area contributed by atoms with Crippen LogP contribution in [-0.2, 0) is 0 Å². The lowest BCUT2D eigenvalue weighted by molar-refractivity contribution is 0.634. The molecule has 0 aliphatic carbocycles. The first-order valence-corrected chi connectivity index (χ1v) is 4.61. The topological polar surface area (TPSA) is 61.9 Å². The Morgan fingerprint density at radius 1 is 1.21 bits per heavy atom. The first-order chi connectivity index (χ1) is 6.38. The fourth-order valence-electron chi connectivity index (χ4n) is 1.17. The maximum Gasteiger partial charge on any atom is 0.122 e. The van der Waals surface area contributed by atoms with Crippen LogP contribution in [0.1, 0.15) is 26.3 Å². The molecular formula is C11H17N3. The molecule has 0 fully saturated rings. The monoisotopic (exact) mass is 191 g/mol. The van der Waals surface area contributed by atoms with Gasteiger partial charge in [-0.2, -0.15) is 0 Å². The molecule has 0 heterocycles. The van der Waals surface area contributed by atoms with Gasteiger partial charge in [-0.25, -0.2) is 0 Å². The van der Waals surface area contributed by atoms with Gasteiger partial charge in [0.1, 0.15) is 5.84 Å². The molecule has 4 N–H and O–H groups in total. The normalized spacial score (nSPS) is 11.1. The number of amidine groups is 1. The van der Waals surface area contributed by atoms with Crippen molar-refractivity contribution in [3.05, 3.63) is 29.8 Å². The highest BCUT2D eigenvalue weighted by Crippen LogP contribution is 2.14. The van der Waals surface area contributed by atoms with Crippen molar-refractivity contribution < 1.29 is 0 Å². The number of rotatable bonds is 2. The Morgan fingerprint density at radius 3 is 2.07 bits per heavy atom. The lowest BCUT2D eigenvalue weighted by atomic mass is 10.1. The maximum absolute atomic E-state index is 7.24. The number of nitrogens with two attached hydrogens (primary N) is 1. The van der Waals surface area contributed by atoms with Crippen molar-refractivity contribution in [2.24, 2.45) is 5.73 Å². The van der Waals surface area contributed by atoms with Crippen molar-refractivity contribution in [2.75, 3.05) is 5.32 Å². The summed E-state index contributed by atoms with van der Waals surface area (Å²) >= 11 is 0. The Bertz CT molecular complexity index is 319. The van der Waals surface area contributed by atoms with E-state index in [2.05, 4.69) is 26.1 Å². The predicted molar refractivity (Wildman–Crippen MR) is 60.8 cm³/mol. The van der Waals surface area contributed by atoms with Crippen molar-refractivity contribution in [3.8, 4) is 0 Å². The van der Waals surface area contributed by atoms with E-state index < -0.39 is 0 Å². The zero-order valence-corrected chi connectivity index (χ0v) is 8.89. The first-order valence-electron chi connectivity index (χ1n) is 4.61. The lowest BCUT2D eigenvalue weighted by Gasteiger charge is -2.22. The van der Waals surface area contributed by atoms with E-state index in [1.807, 2.05) is 24.3 Å². The van der Waals surface area contributed by atoms with E-state index in [0.717, 1.165) is 11.3 Å². The molecule has 1 aromatic rings. The summed E-state index contributed by atoms with van der Waals surface area (Å²) in [6.45, 7) is 6.31. The molecule has 0 saturated heterocycles. The van der Waals surface area contributed by atoms with Gasteiger partial charge in [0.15, 0.2) is 0 Å². The van der Waals surface area contributed by atoms with Crippen LogP contribution in [0.5, 0.6) is 0 Å². The van der Waals surface area contributed by atoms with Gasteiger partial charge in [-0.1, -0.05) is 0 Å². The molecule has 0 saturated carbocycles. The molecule has 14 heavy (non-hydrogen) atoms. The molecule has 3 heteroatoms. The Labute approximate surface area is 84.8 Å². The molecule has 0 radical (unpaired) electrons. The molecule has 1 aromatic carbocycles. The third kappa shape index (κ3) is 3.09. The molecule has 0 atom stereocenters. The van der Waals surface area contributed by atoms with Crippen LogP contribution in [0.15, 0.2) is 24.3 Å². The Hall–Kier alpha value is -1.51. The van der Waals surface area contributed by atoms with Gasteiger partial charge in [0, 0.05) is 16.8 Å². The second-order valence-electron chi connectivity index (χ2n) is 4.37. The fraction of sp³-hybridized carbons (Fsp3) is 0.364. The number of anilines is 1. The Balaban J connectivity index is 2.79. The smallest absolute Gasteiger partial charge is 0.122 e. The summed E-state index contributed by atoms with van der Waals surface area (Å²) in [5.41, 5.74) is 7.21. The second-order valence-corrected chi connectivity index (χ2v) is 4.37. The van der Waals surface area contributed by atoms with Crippen LogP contribution in [0.4, 0.5) is 5.69 Å². The number of hydrogen-bond acceptors (Lipinski definition) is 2. The van der Waals surface area contributed by atoms with Crippen molar-refractivity contribution in [2.45, 2.75) is 26.3 Å². The average molecular weight is 191 g/mol. The van der Waals surface area contributed by atoms with E-state index >= 15 is 0 Å². The van der Waals surface area contributed by atoms with Gasteiger partial charge in [0.2, 0.25) is 0 Å². The largest absolute Gasteiger partial charge is 0.384 e. The van der Waals surface area contributed by atoms with Crippen molar-refractivity contribution >= 4 is 11.5 Å². The zero-order chi connectivity index (χ0) is 10.8. The van der Waals surface area contributed by atoms with Crippen LogP contribution in [0.3, 0.4) is 0 Å². The van der Waals surface area contributed by atoms with Gasteiger partial charge in [0.05, 0.1) is 0 Å². The van der Waals surface area contributed by atoms with Crippen LogP contribution in [-0.4, -0.2) is 11.4 Å². The quantitative estimate of drug-likeness (QED) is 0.495. The molecule has 1 rings (SSSR count). The molecule has 0 bridgehead atoms. The van der Waals surface area contributed by atoms with Crippen LogP contribution in [0, 0.1) is 5.41 Å². The zero-order valence-electron chi connectivity index (χ0n) is 8.89. The van der Waals surface area contributed by atoms with E-state index in [1.54, 1.807) is 0 Å². The van der Waals surface area contributed by atoms with Crippen LogP contribution < -0.4 is 11.1 Å². The van der Waals surface area contributed by atoms with E-state index in [9.17, 15) is 0 Å². The van der Waals surface area contributed by atoms with Gasteiger partial charge in [-0.3, -0.25) is 5.41 Å². The lowest BCUT2D eigenvalue weighted by Crippen LogP contribution is -2.26. The average Bonchev–Trinajstić information content (AvgIpc) is 2.02. The number of nitrogens with one attached hydrogen (secondary N) is 2. The molecule has 0 aliphatic rings. The van der Waals surface area contributed by atoms with Crippen molar-refractivity contribution in [1.29, 1.82) is 5.41 Å². The van der Waals surface area contributed by atoms with Gasteiger partial charge < -0.3 is 11.1 Å². The summed E-state index contributed by atoms with van der Waals surface area (Å²) in [5, 5.41) is 10.6. The highest BCUT2D eigenvalue weighted by atomic mass is 14.9. The van der Waals surface area contributed by atoms with Crippen molar-refractivity contribution in [1.82, 2.24) is 0 Å². The molecule has 0 unspecified atom stereocenters. The molecular weight excluding hydrogens is 174 g/mol. The highest BCUT2D eigenvalue weighted by molar-refractivity contribution is 5.95. The summed E-state index contributed by atoms with van der Waals surface area (Å²) in [6, 6.07) is 7.55. The van der Waals surface area contributed by atoms with Crippen LogP contribution in [0.25, 0.3) is 0 Å². The molecule has 0 aliphatic heterocycles. The summed E-state index contributed by atoms with van der Waals surface area (Å²) in [5.74, 6) is 0.104. The van der Waals surface area contributed by atoms with Gasteiger partial charge in [-0.05, 0) is 45.0 Å².